The minimum atomic E-state index is -0.558. The molecule has 0 aliphatic rings. The molecule has 0 atom stereocenters. The van der Waals surface area contributed by atoms with Crippen LogP contribution in [-0.4, -0.2) is 28.3 Å². The smallest absolute Gasteiger partial charge is 0.343 e. The molecule has 29 heavy (non-hydrogen) atoms. The van der Waals surface area contributed by atoms with Crippen molar-refractivity contribution in [1.82, 2.24) is 9.78 Å². The molecule has 0 aliphatic heterocycles. The summed E-state index contributed by atoms with van der Waals surface area (Å²) in [6.45, 7) is 6.12. The largest absolute Gasteiger partial charge is 0.486 e. The predicted octanol–water partition coefficient (Wildman–Crippen LogP) is 3.64. The van der Waals surface area contributed by atoms with E-state index in [0.717, 1.165) is 16.9 Å². The number of carbonyl (C=O) groups excluding carboxylic acids is 2. The van der Waals surface area contributed by atoms with Gasteiger partial charge in [-0.15, -0.1) is 0 Å². The zero-order valence-electron chi connectivity index (χ0n) is 16.8. The van der Waals surface area contributed by atoms with E-state index in [-0.39, 0.29) is 30.4 Å². The number of ether oxygens (including phenoxy) is 2. The number of nitrogens with one attached hydrogen (secondary N) is 1. The minimum absolute atomic E-state index is 0.0973. The van der Waals surface area contributed by atoms with Crippen LogP contribution >= 0.6 is 0 Å². The first kappa shape index (κ1) is 20.2. The van der Waals surface area contributed by atoms with E-state index in [9.17, 15) is 9.59 Å². The van der Waals surface area contributed by atoms with Gasteiger partial charge in [-0.25, -0.2) is 4.79 Å². The van der Waals surface area contributed by atoms with Crippen LogP contribution in [0, 0.1) is 13.8 Å². The molecule has 0 spiro atoms. The zero-order chi connectivity index (χ0) is 21.0. The molecular weight excluding hydrogens is 374 g/mol. The van der Waals surface area contributed by atoms with Gasteiger partial charge in [-0.3, -0.25) is 9.48 Å². The Balaban J connectivity index is 1.67. The number of furan rings is 1. The summed E-state index contributed by atoms with van der Waals surface area (Å²) in [6, 6.07) is 9.15. The molecule has 0 saturated heterocycles. The van der Waals surface area contributed by atoms with Gasteiger partial charge in [-0.05, 0) is 56.2 Å². The number of nitrogens with zero attached hydrogens (tertiary/aromatic N) is 2. The van der Waals surface area contributed by atoms with Crippen LogP contribution in [0.5, 0.6) is 5.75 Å². The average molecular weight is 397 g/mol. The van der Waals surface area contributed by atoms with Gasteiger partial charge in [0.25, 0.3) is 5.91 Å². The molecule has 1 N–H and O–H groups in total. The monoisotopic (exact) mass is 397 g/mol. The normalized spacial score (nSPS) is 10.6. The van der Waals surface area contributed by atoms with E-state index >= 15 is 0 Å². The van der Waals surface area contributed by atoms with Gasteiger partial charge in [0.05, 0.1) is 12.8 Å². The van der Waals surface area contributed by atoms with Crippen LogP contribution in [-0.2, 0) is 18.4 Å². The molecule has 0 saturated carbocycles. The number of hydrogen-bond acceptors (Lipinski definition) is 6. The van der Waals surface area contributed by atoms with Gasteiger partial charge in [0.2, 0.25) is 0 Å². The van der Waals surface area contributed by atoms with Gasteiger partial charge in [0.15, 0.2) is 5.76 Å². The Bertz CT molecular complexity index is 1010. The standard InChI is InChI=1S/C21H23N3O5/c1-5-27-21(26)17-11-22-24(4)19(17)23-20(25)18-7-6-15(29-18)12-28-16-9-13(2)8-14(3)10-16/h6-11H,5,12H2,1-4H3,(H,23,25). The van der Waals surface area contributed by atoms with Crippen LogP contribution in [0.1, 0.15) is 44.7 Å². The van der Waals surface area contributed by atoms with E-state index in [1.54, 1.807) is 26.1 Å². The van der Waals surface area contributed by atoms with E-state index in [0.29, 0.717) is 5.76 Å². The minimum Gasteiger partial charge on any atom is -0.486 e. The van der Waals surface area contributed by atoms with Crippen molar-refractivity contribution in [1.29, 1.82) is 0 Å². The van der Waals surface area contributed by atoms with Crippen LogP contribution in [0.15, 0.2) is 40.9 Å². The first-order valence-corrected chi connectivity index (χ1v) is 9.17. The van der Waals surface area contributed by atoms with Crippen molar-refractivity contribution in [2.75, 3.05) is 11.9 Å². The quantitative estimate of drug-likeness (QED) is 0.612. The number of hydrogen-bond donors (Lipinski definition) is 1. The topological polar surface area (TPSA) is 95.6 Å². The summed E-state index contributed by atoms with van der Waals surface area (Å²) in [4.78, 5) is 24.5. The number of anilines is 1. The summed E-state index contributed by atoms with van der Waals surface area (Å²) >= 11 is 0. The molecule has 8 heteroatoms. The highest BCUT2D eigenvalue weighted by molar-refractivity contribution is 6.05. The van der Waals surface area contributed by atoms with Crippen LogP contribution < -0.4 is 10.1 Å². The molecular formula is C21H23N3O5. The van der Waals surface area contributed by atoms with Crippen molar-refractivity contribution in [3.8, 4) is 5.75 Å². The Labute approximate surface area is 168 Å². The van der Waals surface area contributed by atoms with Crippen LogP contribution in [0.2, 0.25) is 0 Å². The van der Waals surface area contributed by atoms with E-state index < -0.39 is 11.9 Å². The average Bonchev–Trinajstić information content (AvgIpc) is 3.27. The lowest BCUT2D eigenvalue weighted by molar-refractivity contribution is 0.0527. The summed E-state index contributed by atoms with van der Waals surface area (Å²) < 4.78 is 17.7. The Morgan fingerprint density at radius 3 is 2.59 bits per heavy atom. The van der Waals surface area contributed by atoms with Crippen molar-refractivity contribution < 1.29 is 23.5 Å². The summed E-state index contributed by atoms with van der Waals surface area (Å²) in [5.41, 5.74) is 2.38. The van der Waals surface area contributed by atoms with Crippen molar-refractivity contribution in [2.24, 2.45) is 7.05 Å². The van der Waals surface area contributed by atoms with Gasteiger partial charge in [-0.2, -0.15) is 5.10 Å². The van der Waals surface area contributed by atoms with Gasteiger partial charge in [-0.1, -0.05) is 6.07 Å². The fraction of sp³-hybridized carbons (Fsp3) is 0.286. The second-order valence-electron chi connectivity index (χ2n) is 6.58. The lowest BCUT2D eigenvalue weighted by Crippen LogP contribution is -2.17. The Kier molecular flexibility index (Phi) is 6.01. The van der Waals surface area contributed by atoms with Crippen LogP contribution in [0.4, 0.5) is 5.82 Å². The highest BCUT2D eigenvalue weighted by Crippen LogP contribution is 2.20. The lowest BCUT2D eigenvalue weighted by Gasteiger charge is -2.07. The SMILES string of the molecule is CCOC(=O)c1cnn(C)c1NC(=O)c1ccc(COc2cc(C)cc(C)c2)o1. The first-order valence-electron chi connectivity index (χ1n) is 9.17. The number of amides is 1. The van der Waals surface area contributed by atoms with Crippen LogP contribution in [0.25, 0.3) is 0 Å². The maximum absolute atomic E-state index is 12.5. The number of rotatable bonds is 7. The van der Waals surface area contributed by atoms with Crippen molar-refractivity contribution >= 4 is 17.7 Å². The number of aromatic nitrogens is 2. The zero-order valence-corrected chi connectivity index (χ0v) is 16.8. The predicted molar refractivity (Wildman–Crippen MR) is 106 cm³/mol. The van der Waals surface area contributed by atoms with Gasteiger partial charge < -0.3 is 19.2 Å². The Morgan fingerprint density at radius 2 is 1.90 bits per heavy atom. The lowest BCUT2D eigenvalue weighted by atomic mass is 10.1. The molecule has 0 bridgehead atoms. The van der Waals surface area contributed by atoms with Gasteiger partial charge in [0, 0.05) is 7.05 Å². The Morgan fingerprint density at radius 1 is 1.17 bits per heavy atom. The number of benzene rings is 1. The molecule has 3 aromatic rings. The number of esters is 1. The molecule has 0 aliphatic carbocycles. The van der Waals surface area contributed by atoms with E-state index in [1.807, 2.05) is 26.0 Å². The number of carbonyl (C=O) groups is 2. The molecule has 2 heterocycles. The molecule has 1 aromatic carbocycles. The third-order valence-corrected chi connectivity index (χ3v) is 4.13. The van der Waals surface area contributed by atoms with Crippen LogP contribution in [0.3, 0.4) is 0 Å². The molecule has 2 aromatic heterocycles. The highest BCUT2D eigenvalue weighted by Gasteiger charge is 2.21. The maximum atomic E-state index is 12.5. The highest BCUT2D eigenvalue weighted by atomic mass is 16.5. The summed E-state index contributed by atoms with van der Waals surface area (Å²) in [7, 11) is 1.61. The third kappa shape index (κ3) is 4.84. The third-order valence-electron chi connectivity index (χ3n) is 4.13. The maximum Gasteiger partial charge on any atom is 0.343 e. The summed E-state index contributed by atoms with van der Waals surface area (Å²) in [6.07, 6.45) is 1.35. The van der Waals surface area contributed by atoms with Gasteiger partial charge in [0.1, 0.15) is 29.5 Å². The molecule has 3 rings (SSSR count). The fourth-order valence-corrected chi connectivity index (χ4v) is 2.86. The molecule has 1 amide bonds. The first-order chi connectivity index (χ1) is 13.9. The van der Waals surface area contributed by atoms with E-state index in [1.165, 1.54) is 10.9 Å². The van der Waals surface area contributed by atoms with Crippen molar-refractivity contribution in [2.45, 2.75) is 27.4 Å². The summed E-state index contributed by atoms with van der Waals surface area (Å²) in [5, 5.41) is 6.64. The fourth-order valence-electron chi connectivity index (χ4n) is 2.86. The number of aryl methyl sites for hydroxylation is 3. The molecule has 8 nitrogen and oxygen atoms in total. The molecule has 152 valence electrons. The molecule has 0 fully saturated rings. The van der Waals surface area contributed by atoms with E-state index in [4.69, 9.17) is 13.9 Å². The summed E-state index contributed by atoms with van der Waals surface area (Å²) in [5.74, 6) is 0.511. The second kappa shape index (κ2) is 8.64. The second-order valence-corrected chi connectivity index (χ2v) is 6.58. The van der Waals surface area contributed by atoms with E-state index in [2.05, 4.69) is 16.5 Å². The van der Waals surface area contributed by atoms with Crippen molar-refractivity contribution in [3.05, 3.63) is 64.7 Å². The van der Waals surface area contributed by atoms with Crippen molar-refractivity contribution in [3.63, 3.8) is 0 Å². The van der Waals surface area contributed by atoms with Gasteiger partial charge >= 0.3 is 5.97 Å². The Hall–Kier alpha value is -3.55. The molecule has 0 radical (unpaired) electrons. The molecule has 0 unspecified atom stereocenters.